The molecule has 2 aromatic heterocycles. The second-order valence-corrected chi connectivity index (χ2v) is 7.19. The van der Waals surface area contributed by atoms with Gasteiger partial charge >= 0.3 is 0 Å². The Kier molecular flexibility index (Phi) is 4.76. The first-order valence-electron chi connectivity index (χ1n) is 9.36. The fourth-order valence-electron chi connectivity index (χ4n) is 4.39. The lowest BCUT2D eigenvalue weighted by Crippen LogP contribution is -2.59. The highest BCUT2D eigenvalue weighted by Gasteiger charge is 2.49. The number of nitrogens with zero attached hydrogens (tertiary/aromatic N) is 3. The largest absolute Gasteiger partial charge is 0.375 e. The van der Waals surface area contributed by atoms with Crippen LogP contribution in [0, 0.1) is 0 Å². The second kappa shape index (κ2) is 7.23. The number of likely N-dealkylation sites (tertiary alicyclic amines) is 1. The minimum Gasteiger partial charge on any atom is -0.375 e. The van der Waals surface area contributed by atoms with Crippen molar-refractivity contribution in [3.63, 3.8) is 0 Å². The zero-order valence-corrected chi connectivity index (χ0v) is 15.7. The third-order valence-corrected chi connectivity index (χ3v) is 5.76. The number of imidazole rings is 1. The maximum absolute atomic E-state index is 12.8. The van der Waals surface area contributed by atoms with E-state index < -0.39 is 11.1 Å². The summed E-state index contributed by atoms with van der Waals surface area (Å²) in [6.07, 6.45) is 5.02. The number of ether oxygens (including phenoxy) is 1. The van der Waals surface area contributed by atoms with E-state index in [1.54, 1.807) is 17.3 Å². The van der Waals surface area contributed by atoms with Gasteiger partial charge in [0.25, 0.3) is 11.5 Å². The molecule has 2 aliphatic heterocycles. The van der Waals surface area contributed by atoms with Gasteiger partial charge in [-0.3, -0.25) is 14.4 Å². The van der Waals surface area contributed by atoms with Crippen molar-refractivity contribution in [3.05, 3.63) is 52.0 Å². The molecule has 1 spiro atoms. The van der Waals surface area contributed by atoms with Gasteiger partial charge in [-0.05, 0) is 25.0 Å². The highest BCUT2D eigenvalue weighted by atomic mass is 16.5. The van der Waals surface area contributed by atoms with Crippen LogP contribution in [0.1, 0.15) is 34.6 Å². The lowest BCUT2D eigenvalue weighted by molar-refractivity contribution is -0.145. The fourth-order valence-corrected chi connectivity index (χ4v) is 4.39. The smallest absolute Gasteiger partial charge is 0.260 e. The van der Waals surface area contributed by atoms with Crippen LogP contribution in [0.3, 0.4) is 0 Å². The van der Waals surface area contributed by atoms with E-state index in [0.717, 1.165) is 11.4 Å². The molecule has 2 amide bonds. The summed E-state index contributed by atoms with van der Waals surface area (Å²) >= 11 is 0. The summed E-state index contributed by atoms with van der Waals surface area (Å²) in [5.41, 5.74) is 1.11. The van der Waals surface area contributed by atoms with E-state index in [9.17, 15) is 14.4 Å². The first-order valence-corrected chi connectivity index (χ1v) is 9.36. The Bertz CT molecular complexity index is 942. The molecule has 0 bridgehead atoms. The predicted octanol–water partition coefficient (Wildman–Crippen LogP) is 0.261. The number of rotatable bonds is 3. The Morgan fingerprint density at radius 3 is 2.75 bits per heavy atom. The molecule has 4 heterocycles. The summed E-state index contributed by atoms with van der Waals surface area (Å²) in [6, 6.07) is 3.18. The van der Waals surface area contributed by atoms with Gasteiger partial charge in [-0.25, -0.2) is 4.98 Å². The highest BCUT2D eigenvalue weighted by Crippen LogP contribution is 2.42. The van der Waals surface area contributed by atoms with Crippen LogP contribution in [0.15, 0.2) is 29.5 Å². The number of carbonyl (C=O) groups is 2. The standard InChI is InChI=1S/C19H23N5O4/c1-28-11-15(25)24-8-4-14-16(22-12-21-14)19(24)5-9-23(10-6-19)18(27)13-3-2-7-20-17(13)26/h2-3,7,12H,4-6,8-11H2,1H3,(H,20,26)(H,21,22). The van der Waals surface area contributed by atoms with Gasteiger partial charge in [-0.15, -0.1) is 0 Å². The third kappa shape index (κ3) is 2.91. The lowest BCUT2D eigenvalue weighted by atomic mass is 9.78. The molecule has 4 rings (SSSR count). The molecule has 0 aromatic carbocycles. The molecule has 1 fully saturated rings. The van der Waals surface area contributed by atoms with Gasteiger partial charge in [-0.1, -0.05) is 0 Å². The topological polar surface area (TPSA) is 111 Å². The molecule has 0 aliphatic carbocycles. The van der Waals surface area contributed by atoms with E-state index in [0.29, 0.717) is 38.9 Å². The maximum Gasteiger partial charge on any atom is 0.260 e. The second-order valence-electron chi connectivity index (χ2n) is 7.19. The van der Waals surface area contributed by atoms with Crippen molar-refractivity contribution in [1.29, 1.82) is 0 Å². The molecule has 0 atom stereocenters. The van der Waals surface area contributed by atoms with Crippen molar-refractivity contribution >= 4 is 11.8 Å². The minimum absolute atomic E-state index is 0.0174. The Morgan fingerprint density at radius 1 is 1.25 bits per heavy atom. The number of hydrogen-bond acceptors (Lipinski definition) is 5. The van der Waals surface area contributed by atoms with Gasteiger partial charge < -0.3 is 24.5 Å². The van der Waals surface area contributed by atoms with Gasteiger partial charge in [-0.2, -0.15) is 0 Å². The van der Waals surface area contributed by atoms with E-state index in [4.69, 9.17) is 4.74 Å². The van der Waals surface area contributed by atoms with E-state index in [1.165, 1.54) is 19.4 Å². The van der Waals surface area contributed by atoms with Gasteiger partial charge in [0.2, 0.25) is 5.91 Å². The summed E-state index contributed by atoms with van der Waals surface area (Å²) in [6.45, 7) is 1.49. The van der Waals surface area contributed by atoms with Crippen LogP contribution in [0.5, 0.6) is 0 Å². The van der Waals surface area contributed by atoms with E-state index in [-0.39, 0.29) is 24.0 Å². The fraction of sp³-hybridized carbons (Fsp3) is 0.474. The summed E-state index contributed by atoms with van der Waals surface area (Å²) in [7, 11) is 1.51. The number of carbonyl (C=O) groups excluding carboxylic acids is 2. The normalized spacial score (nSPS) is 18.2. The minimum atomic E-state index is -0.552. The van der Waals surface area contributed by atoms with Crippen molar-refractivity contribution in [2.45, 2.75) is 24.8 Å². The number of amides is 2. The van der Waals surface area contributed by atoms with Crippen molar-refractivity contribution in [3.8, 4) is 0 Å². The first-order chi connectivity index (χ1) is 13.6. The average molecular weight is 385 g/mol. The molecule has 0 unspecified atom stereocenters. The molecule has 0 saturated carbocycles. The summed E-state index contributed by atoms with van der Waals surface area (Å²) in [5, 5.41) is 0. The first kappa shape index (κ1) is 18.4. The zero-order valence-electron chi connectivity index (χ0n) is 15.7. The van der Waals surface area contributed by atoms with Crippen LogP contribution in [0.2, 0.25) is 0 Å². The predicted molar refractivity (Wildman–Crippen MR) is 99.8 cm³/mol. The van der Waals surface area contributed by atoms with Crippen molar-refractivity contribution in [2.75, 3.05) is 33.4 Å². The van der Waals surface area contributed by atoms with Crippen molar-refractivity contribution in [1.82, 2.24) is 24.8 Å². The van der Waals surface area contributed by atoms with Crippen LogP contribution >= 0.6 is 0 Å². The Balaban J connectivity index is 1.60. The number of hydrogen-bond donors (Lipinski definition) is 2. The Hall–Kier alpha value is -2.94. The van der Waals surface area contributed by atoms with Gasteiger partial charge in [0.15, 0.2) is 0 Å². The van der Waals surface area contributed by atoms with Crippen molar-refractivity contribution < 1.29 is 14.3 Å². The Labute approximate surface area is 161 Å². The molecular formula is C19H23N5O4. The van der Waals surface area contributed by atoms with Gasteiger partial charge in [0, 0.05) is 45.1 Å². The van der Waals surface area contributed by atoms with Crippen LogP contribution < -0.4 is 5.56 Å². The molecule has 2 N–H and O–H groups in total. The number of piperidine rings is 1. The molecule has 28 heavy (non-hydrogen) atoms. The molecular weight excluding hydrogens is 362 g/mol. The Morgan fingerprint density at radius 2 is 2.04 bits per heavy atom. The monoisotopic (exact) mass is 385 g/mol. The molecule has 0 radical (unpaired) electrons. The molecule has 9 heteroatoms. The van der Waals surface area contributed by atoms with Gasteiger partial charge in [0.1, 0.15) is 12.2 Å². The van der Waals surface area contributed by atoms with Crippen LogP contribution in [0.4, 0.5) is 0 Å². The molecule has 9 nitrogen and oxygen atoms in total. The van der Waals surface area contributed by atoms with Crippen molar-refractivity contribution in [2.24, 2.45) is 0 Å². The zero-order chi connectivity index (χ0) is 19.7. The number of methoxy groups -OCH3 is 1. The molecule has 2 aliphatic rings. The molecule has 1 saturated heterocycles. The number of aromatic amines is 2. The highest BCUT2D eigenvalue weighted by molar-refractivity contribution is 5.93. The number of H-pyrrole nitrogens is 2. The van der Waals surface area contributed by atoms with Gasteiger partial charge in [0.05, 0.1) is 17.6 Å². The van der Waals surface area contributed by atoms with E-state index in [1.807, 2.05) is 4.90 Å². The number of aromatic nitrogens is 3. The number of nitrogens with one attached hydrogen (secondary N) is 2. The average Bonchev–Trinajstić information content (AvgIpc) is 3.19. The molecule has 148 valence electrons. The number of fused-ring (bicyclic) bond motifs is 2. The SMILES string of the molecule is COCC(=O)N1CCc2[nH]cnc2C12CCN(C(=O)c1ccc[nH]c1=O)CC2. The number of pyridine rings is 1. The molecule has 2 aromatic rings. The lowest BCUT2D eigenvalue weighted by Gasteiger charge is -2.50. The maximum atomic E-state index is 12.8. The quantitative estimate of drug-likeness (QED) is 0.787. The van der Waals surface area contributed by atoms with E-state index in [2.05, 4.69) is 15.0 Å². The van der Waals surface area contributed by atoms with Crippen LogP contribution in [-0.4, -0.2) is 69.9 Å². The third-order valence-electron chi connectivity index (χ3n) is 5.76. The van der Waals surface area contributed by atoms with E-state index >= 15 is 0 Å². The summed E-state index contributed by atoms with van der Waals surface area (Å²) in [5.74, 6) is -0.361. The van der Waals surface area contributed by atoms with Crippen LogP contribution in [0.25, 0.3) is 0 Å². The van der Waals surface area contributed by atoms with Crippen LogP contribution in [-0.2, 0) is 21.5 Å². The summed E-state index contributed by atoms with van der Waals surface area (Å²) < 4.78 is 5.07. The summed E-state index contributed by atoms with van der Waals surface area (Å²) in [4.78, 5) is 51.2.